The molecule has 39 heavy (non-hydrogen) atoms. The average molecular weight is 531 g/mol. The van der Waals surface area contributed by atoms with Gasteiger partial charge in [-0.2, -0.15) is 0 Å². The Morgan fingerprint density at radius 1 is 0.974 bits per heavy atom. The van der Waals surface area contributed by atoms with Crippen LogP contribution in [0.25, 0.3) is 6.08 Å². The normalized spacial score (nSPS) is 14.2. The van der Waals surface area contributed by atoms with Gasteiger partial charge in [0.05, 0.1) is 30.4 Å². The molecule has 12 heteroatoms. The summed E-state index contributed by atoms with van der Waals surface area (Å²) in [6, 6.07) is 15.2. The molecule has 0 spiro atoms. The quantitative estimate of drug-likeness (QED) is 0.151. The Bertz CT molecular complexity index is 1500. The number of non-ortho nitro benzene ring substituents is 1. The van der Waals surface area contributed by atoms with Crippen LogP contribution >= 0.6 is 0 Å². The lowest BCUT2D eigenvalue weighted by Crippen LogP contribution is -2.54. The summed E-state index contributed by atoms with van der Waals surface area (Å²) in [5, 5.41) is 12.9. The van der Waals surface area contributed by atoms with Gasteiger partial charge < -0.3 is 14.2 Å². The predicted molar refractivity (Wildman–Crippen MR) is 137 cm³/mol. The monoisotopic (exact) mass is 531 g/mol. The number of nitrogens with zero attached hydrogens (tertiary/aromatic N) is 2. The third-order valence-electron chi connectivity index (χ3n) is 5.69. The molecule has 3 aromatic rings. The van der Waals surface area contributed by atoms with Crippen LogP contribution in [-0.4, -0.2) is 43.0 Å². The first-order chi connectivity index (χ1) is 18.7. The van der Waals surface area contributed by atoms with Crippen LogP contribution in [0.3, 0.4) is 0 Å². The smallest absolute Gasteiger partial charge is 0.337 e. The van der Waals surface area contributed by atoms with Gasteiger partial charge in [0.25, 0.3) is 17.5 Å². The molecule has 1 N–H and O–H groups in total. The highest BCUT2D eigenvalue weighted by molar-refractivity contribution is 6.39. The molecule has 4 amide bonds. The van der Waals surface area contributed by atoms with Gasteiger partial charge >= 0.3 is 12.0 Å². The van der Waals surface area contributed by atoms with Crippen molar-refractivity contribution < 1.29 is 38.3 Å². The molecule has 1 fully saturated rings. The Hall–Kier alpha value is -5.52. The van der Waals surface area contributed by atoms with E-state index in [4.69, 9.17) is 9.47 Å². The first-order valence-electron chi connectivity index (χ1n) is 11.4. The van der Waals surface area contributed by atoms with E-state index in [9.17, 15) is 29.3 Å². The first kappa shape index (κ1) is 26.5. The molecule has 1 heterocycles. The lowest BCUT2D eigenvalue weighted by molar-refractivity contribution is -0.384. The van der Waals surface area contributed by atoms with E-state index >= 15 is 0 Å². The topological polar surface area (TPSA) is 154 Å². The van der Waals surface area contributed by atoms with Gasteiger partial charge in [0, 0.05) is 12.1 Å². The number of esters is 1. The van der Waals surface area contributed by atoms with Crippen molar-refractivity contribution in [2.24, 2.45) is 0 Å². The highest BCUT2D eigenvalue weighted by Crippen LogP contribution is 2.31. The zero-order valence-corrected chi connectivity index (χ0v) is 20.7. The number of carbonyl (C=O) groups is 4. The van der Waals surface area contributed by atoms with Gasteiger partial charge in [-0.15, -0.1) is 0 Å². The van der Waals surface area contributed by atoms with E-state index in [1.54, 1.807) is 30.3 Å². The van der Waals surface area contributed by atoms with Crippen LogP contribution in [0.15, 0.2) is 72.3 Å². The van der Waals surface area contributed by atoms with Crippen molar-refractivity contribution in [3.05, 3.63) is 99.1 Å². The number of anilines is 1. The van der Waals surface area contributed by atoms with Gasteiger partial charge in [0.15, 0.2) is 11.5 Å². The summed E-state index contributed by atoms with van der Waals surface area (Å²) in [4.78, 5) is 60.9. The number of nitrogens with one attached hydrogen (secondary N) is 1. The predicted octanol–water partition coefficient (Wildman–Crippen LogP) is 3.64. The maximum atomic E-state index is 13.2. The second kappa shape index (κ2) is 11.3. The van der Waals surface area contributed by atoms with E-state index in [1.807, 2.05) is 0 Å². The summed E-state index contributed by atoms with van der Waals surface area (Å²) < 4.78 is 15.8. The Kier molecular flexibility index (Phi) is 7.66. The fourth-order valence-electron chi connectivity index (χ4n) is 3.69. The molecule has 0 atom stereocenters. The largest absolute Gasteiger partial charge is 0.493 e. The lowest BCUT2D eigenvalue weighted by Gasteiger charge is -2.26. The molecular formula is C27H21N3O9. The number of nitro groups is 1. The number of carbonyl (C=O) groups excluding carboxylic acids is 4. The molecule has 0 aromatic heterocycles. The van der Waals surface area contributed by atoms with Crippen LogP contribution in [0.4, 0.5) is 16.2 Å². The van der Waals surface area contributed by atoms with E-state index in [2.05, 4.69) is 10.1 Å². The Morgan fingerprint density at radius 2 is 1.67 bits per heavy atom. The summed E-state index contributed by atoms with van der Waals surface area (Å²) in [6.45, 7) is 0.113. The number of rotatable bonds is 8. The molecule has 0 unspecified atom stereocenters. The minimum atomic E-state index is -0.930. The molecule has 4 rings (SSSR count). The number of amides is 4. The van der Waals surface area contributed by atoms with Gasteiger partial charge in [-0.25, -0.2) is 14.5 Å². The van der Waals surface area contributed by atoms with E-state index in [0.29, 0.717) is 22.6 Å². The van der Waals surface area contributed by atoms with E-state index in [-0.39, 0.29) is 29.1 Å². The Morgan fingerprint density at radius 3 is 2.28 bits per heavy atom. The summed E-state index contributed by atoms with van der Waals surface area (Å²) in [5.74, 6) is -1.64. The second-order valence-corrected chi connectivity index (χ2v) is 8.12. The van der Waals surface area contributed by atoms with E-state index < -0.39 is 28.7 Å². The highest BCUT2D eigenvalue weighted by Gasteiger charge is 2.37. The second-order valence-electron chi connectivity index (χ2n) is 8.12. The van der Waals surface area contributed by atoms with E-state index in [0.717, 1.165) is 4.90 Å². The first-order valence-corrected chi connectivity index (χ1v) is 11.4. The van der Waals surface area contributed by atoms with Crippen LogP contribution in [0.2, 0.25) is 0 Å². The third kappa shape index (κ3) is 5.74. The molecule has 0 saturated carbocycles. The maximum absolute atomic E-state index is 13.2. The van der Waals surface area contributed by atoms with Crippen molar-refractivity contribution >= 4 is 41.3 Å². The average Bonchev–Trinajstić information content (AvgIpc) is 2.94. The SMILES string of the molecule is COC(=O)c1ccc(N2C(=O)NC(=O)/C(=C\c3ccc(OCc4ccc([N+](=O)[O-])cc4)c(OC)c3)C2=O)cc1. The Labute approximate surface area is 221 Å². The number of urea groups is 1. The van der Waals surface area contributed by atoms with Gasteiger partial charge in [-0.1, -0.05) is 6.07 Å². The molecule has 198 valence electrons. The molecule has 0 bridgehead atoms. The number of methoxy groups -OCH3 is 2. The molecule has 1 aliphatic heterocycles. The zero-order valence-electron chi connectivity index (χ0n) is 20.7. The van der Waals surface area contributed by atoms with Crippen LogP contribution in [0, 0.1) is 10.1 Å². The van der Waals surface area contributed by atoms with E-state index in [1.165, 1.54) is 56.7 Å². The summed E-state index contributed by atoms with van der Waals surface area (Å²) >= 11 is 0. The number of nitro benzene ring substituents is 1. The molecule has 1 saturated heterocycles. The number of benzene rings is 3. The molecule has 3 aromatic carbocycles. The number of barbiturate groups is 1. The number of hydrogen-bond donors (Lipinski definition) is 1. The third-order valence-corrected chi connectivity index (χ3v) is 5.69. The van der Waals surface area contributed by atoms with Crippen molar-refractivity contribution in [3.63, 3.8) is 0 Å². The van der Waals surface area contributed by atoms with Gasteiger partial charge in [0.2, 0.25) is 0 Å². The Balaban J connectivity index is 1.55. The maximum Gasteiger partial charge on any atom is 0.337 e. The number of hydrogen-bond acceptors (Lipinski definition) is 9. The fraction of sp³-hybridized carbons (Fsp3) is 0.111. The summed E-state index contributed by atoms with van der Waals surface area (Å²) in [7, 11) is 2.65. The minimum Gasteiger partial charge on any atom is -0.493 e. The lowest BCUT2D eigenvalue weighted by atomic mass is 10.1. The van der Waals surface area contributed by atoms with Crippen LogP contribution < -0.4 is 19.7 Å². The van der Waals surface area contributed by atoms with Gasteiger partial charge in [-0.05, 0) is 65.7 Å². The van der Waals surface area contributed by atoms with Gasteiger partial charge in [0.1, 0.15) is 12.2 Å². The van der Waals surface area contributed by atoms with Crippen molar-refractivity contribution in [2.45, 2.75) is 6.61 Å². The number of ether oxygens (including phenoxy) is 3. The standard InChI is InChI=1S/C27H21N3O9/c1-37-23-14-17(5-12-22(23)39-15-16-3-8-20(9-4-16)30(35)36)13-21-24(31)28-27(34)29(25(21)32)19-10-6-18(7-11-19)26(33)38-2/h3-14H,15H2,1-2H3,(H,28,31,34)/b21-13+. The van der Waals surface area contributed by atoms with Crippen molar-refractivity contribution in [1.29, 1.82) is 0 Å². The van der Waals surface area contributed by atoms with Crippen molar-refractivity contribution in [1.82, 2.24) is 5.32 Å². The summed E-state index contributed by atoms with van der Waals surface area (Å²) in [5.41, 5.74) is 1.16. The van der Waals surface area contributed by atoms with Crippen LogP contribution in [0.5, 0.6) is 11.5 Å². The molecule has 0 radical (unpaired) electrons. The minimum absolute atomic E-state index is 0.0338. The van der Waals surface area contributed by atoms with Gasteiger partial charge in [-0.3, -0.25) is 25.0 Å². The van der Waals surface area contributed by atoms with Crippen molar-refractivity contribution in [2.75, 3.05) is 19.1 Å². The number of imide groups is 2. The van der Waals surface area contributed by atoms with Crippen LogP contribution in [-0.2, 0) is 20.9 Å². The fourth-order valence-corrected chi connectivity index (χ4v) is 3.69. The van der Waals surface area contributed by atoms with Crippen LogP contribution in [0.1, 0.15) is 21.5 Å². The molecule has 12 nitrogen and oxygen atoms in total. The molecular weight excluding hydrogens is 510 g/mol. The van der Waals surface area contributed by atoms with Crippen molar-refractivity contribution in [3.8, 4) is 11.5 Å². The molecule has 1 aliphatic rings. The summed E-state index contributed by atoms with van der Waals surface area (Å²) in [6.07, 6.45) is 1.31. The molecule has 0 aliphatic carbocycles. The zero-order chi connectivity index (χ0) is 28.1. The highest BCUT2D eigenvalue weighted by atomic mass is 16.6.